The van der Waals surface area contributed by atoms with E-state index in [9.17, 15) is 0 Å². The van der Waals surface area contributed by atoms with Crippen molar-refractivity contribution in [2.24, 2.45) is 22.7 Å². The van der Waals surface area contributed by atoms with Gasteiger partial charge in [-0.15, -0.1) is 0 Å². The summed E-state index contributed by atoms with van der Waals surface area (Å²) in [6, 6.07) is 0.415. The lowest BCUT2D eigenvalue weighted by Gasteiger charge is -2.18. The first kappa shape index (κ1) is 12.4. The van der Waals surface area contributed by atoms with Gasteiger partial charge < -0.3 is 5.32 Å². The van der Waals surface area contributed by atoms with Crippen LogP contribution in [0.15, 0.2) is 29.0 Å². The van der Waals surface area contributed by atoms with Gasteiger partial charge in [0.2, 0.25) is 0 Å². The molecule has 2 aliphatic rings. The second kappa shape index (κ2) is 4.67. The lowest BCUT2D eigenvalue weighted by atomic mass is 9.94. The van der Waals surface area contributed by atoms with Gasteiger partial charge in [0, 0.05) is 17.4 Å². The molecule has 0 aromatic carbocycles. The van der Waals surface area contributed by atoms with Crippen molar-refractivity contribution in [1.82, 2.24) is 5.32 Å². The molecule has 0 aromatic heterocycles. The second-order valence-corrected chi connectivity index (χ2v) is 5.86. The van der Waals surface area contributed by atoms with Gasteiger partial charge in [0.1, 0.15) is 0 Å². The van der Waals surface area contributed by atoms with E-state index in [2.05, 4.69) is 38.7 Å². The monoisotopic (exact) mass is 232 g/mol. The van der Waals surface area contributed by atoms with E-state index in [0.717, 1.165) is 23.2 Å². The molecule has 1 saturated carbocycles. The molecule has 2 heteroatoms. The Kier molecular flexibility index (Phi) is 3.41. The first-order valence-corrected chi connectivity index (χ1v) is 6.70. The summed E-state index contributed by atoms with van der Waals surface area (Å²) in [6.45, 7) is 12.6. The molecule has 3 atom stereocenters. The average molecular weight is 232 g/mol. The van der Waals surface area contributed by atoms with Crippen molar-refractivity contribution in [3.63, 3.8) is 0 Å². The first-order chi connectivity index (χ1) is 7.97. The van der Waals surface area contributed by atoms with Crippen molar-refractivity contribution in [1.29, 1.82) is 0 Å². The summed E-state index contributed by atoms with van der Waals surface area (Å²) in [6.07, 6.45) is 5.08. The van der Waals surface area contributed by atoms with Gasteiger partial charge in [0.15, 0.2) is 0 Å². The van der Waals surface area contributed by atoms with Crippen molar-refractivity contribution in [2.75, 3.05) is 0 Å². The number of hydrogen-bond donors (Lipinski definition) is 1. The standard InChI is InChI=1S/C15H24N2/c1-9(2)16-11(4)12(5)17-15-8-14-7-13(14)6-10(15)3/h8-10,13-14,16H,4,6-7H2,1-3,5H3. The zero-order valence-corrected chi connectivity index (χ0v) is 11.5. The van der Waals surface area contributed by atoms with Crippen molar-refractivity contribution >= 4 is 5.71 Å². The molecule has 1 fully saturated rings. The van der Waals surface area contributed by atoms with Crippen molar-refractivity contribution in [3.8, 4) is 0 Å². The van der Waals surface area contributed by atoms with Gasteiger partial charge in [-0.05, 0) is 51.4 Å². The largest absolute Gasteiger partial charge is 0.382 e. The highest BCUT2D eigenvalue weighted by Crippen LogP contribution is 2.50. The number of allylic oxidation sites excluding steroid dienone is 3. The summed E-state index contributed by atoms with van der Waals surface area (Å²) in [5, 5.41) is 3.32. The maximum atomic E-state index is 4.76. The zero-order valence-electron chi connectivity index (χ0n) is 11.5. The van der Waals surface area contributed by atoms with Crippen LogP contribution in [-0.4, -0.2) is 11.8 Å². The molecule has 94 valence electrons. The minimum Gasteiger partial charge on any atom is -0.382 e. The molecule has 3 unspecified atom stereocenters. The summed E-state index contributed by atoms with van der Waals surface area (Å²) < 4.78 is 0. The van der Waals surface area contributed by atoms with E-state index in [1.165, 1.54) is 18.5 Å². The van der Waals surface area contributed by atoms with Crippen molar-refractivity contribution in [3.05, 3.63) is 24.0 Å². The van der Waals surface area contributed by atoms with Crippen molar-refractivity contribution in [2.45, 2.75) is 46.6 Å². The summed E-state index contributed by atoms with van der Waals surface area (Å²) in [4.78, 5) is 4.76. The van der Waals surface area contributed by atoms with Crippen LogP contribution in [0, 0.1) is 17.8 Å². The van der Waals surface area contributed by atoms with E-state index in [1.807, 2.05) is 6.92 Å². The van der Waals surface area contributed by atoms with Gasteiger partial charge in [-0.25, -0.2) is 0 Å². The van der Waals surface area contributed by atoms with Crippen LogP contribution in [-0.2, 0) is 0 Å². The normalized spacial score (nSPS) is 31.9. The smallest absolute Gasteiger partial charge is 0.0600 e. The zero-order chi connectivity index (χ0) is 12.6. The Morgan fingerprint density at radius 2 is 2.18 bits per heavy atom. The Morgan fingerprint density at radius 1 is 1.47 bits per heavy atom. The van der Waals surface area contributed by atoms with E-state index in [1.54, 1.807) is 0 Å². The summed E-state index contributed by atoms with van der Waals surface area (Å²) in [7, 11) is 0. The molecule has 0 radical (unpaired) electrons. The molecule has 2 rings (SSSR count). The van der Waals surface area contributed by atoms with Gasteiger partial charge >= 0.3 is 0 Å². The topological polar surface area (TPSA) is 24.4 Å². The maximum Gasteiger partial charge on any atom is 0.0600 e. The molecule has 0 saturated heterocycles. The fourth-order valence-electron chi connectivity index (χ4n) is 2.57. The molecule has 2 aliphatic carbocycles. The molecule has 0 aromatic rings. The first-order valence-electron chi connectivity index (χ1n) is 6.70. The highest BCUT2D eigenvalue weighted by atomic mass is 14.9. The molecule has 17 heavy (non-hydrogen) atoms. The predicted octanol–water partition coefficient (Wildman–Crippen LogP) is 3.52. The highest BCUT2D eigenvalue weighted by Gasteiger charge is 2.40. The predicted molar refractivity (Wildman–Crippen MR) is 74.0 cm³/mol. The summed E-state index contributed by atoms with van der Waals surface area (Å²) in [5.41, 5.74) is 3.25. The van der Waals surface area contributed by atoms with Gasteiger partial charge in [0.05, 0.1) is 5.71 Å². The number of nitrogens with zero attached hydrogens (tertiary/aromatic N) is 1. The molecule has 0 bridgehead atoms. The fraction of sp³-hybridized carbons (Fsp3) is 0.667. The molecular formula is C15H24N2. The Balaban J connectivity index is 2.05. The SMILES string of the molecule is C=C(NC(C)C)C(C)=NC1=CC2CC2CC1C. The second-order valence-electron chi connectivity index (χ2n) is 5.86. The number of aliphatic imine (C=N–C) groups is 1. The van der Waals surface area contributed by atoms with E-state index < -0.39 is 0 Å². The van der Waals surface area contributed by atoms with E-state index >= 15 is 0 Å². The molecule has 1 N–H and O–H groups in total. The minimum atomic E-state index is 0.415. The van der Waals surface area contributed by atoms with Crippen LogP contribution in [0.2, 0.25) is 0 Å². The lowest BCUT2D eigenvalue weighted by Crippen LogP contribution is -2.25. The fourth-order valence-corrected chi connectivity index (χ4v) is 2.57. The van der Waals surface area contributed by atoms with Crippen molar-refractivity contribution < 1.29 is 0 Å². The lowest BCUT2D eigenvalue weighted by molar-refractivity contribution is 0.519. The highest BCUT2D eigenvalue weighted by molar-refractivity contribution is 5.97. The van der Waals surface area contributed by atoms with Crippen LogP contribution in [0.1, 0.15) is 40.5 Å². The molecule has 0 aliphatic heterocycles. The van der Waals surface area contributed by atoms with E-state index in [0.29, 0.717) is 12.0 Å². The van der Waals surface area contributed by atoms with E-state index in [-0.39, 0.29) is 0 Å². The van der Waals surface area contributed by atoms with E-state index in [4.69, 9.17) is 4.99 Å². The van der Waals surface area contributed by atoms with Gasteiger partial charge in [-0.1, -0.05) is 19.6 Å². The number of fused-ring (bicyclic) bond motifs is 1. The Bertz CT molecular complexity index is 376. The third-order valence-corrected chi connectivity index (χ3v) is 3.72. The molecule has 0 heterocycles. The average Bonchev–Trinajstić information content (AvgIpc) is 2.94. The summed E-state index contributed by atoms with van der Waals surface area (Å²) >= 11 is 0. The number of rotatable bonds is 4. The third kappa shape index (κ3) is 2.99. The molecule has 2 nitrogen and oxygen atoms in total. The van der Waals surface area contributed by atoms with Gasteiger partial charge in [-0.3, -0.25) is 4.99 Å². The van der Waals surface area contributed by atoms with Gasteiger partial charge in [0.25, 0.3) is 0 Å². The van der Waals surface area contributed by atoms with Crippen LogP contribution >= 0.6 is 0 Å². The van der Waals surface area contributed by atoms with Crippen LogP contribution in [0.3, 0.4) is 0 Å². The van der Waals surface area contributed by atoms with Crippen LogP contribution in [0.5, 0.6) is 0 Å². The molecule has 0 spiro atoms. The molecular weight excluding hydrogens is 208 g/mol. The van der Waals surface area contributed by atoms with Crippen LogP contribution < -0.4 is 5.32 Å². The quantitative estimate of drug-likeness (QED) is 0.737. The Morgan fingerprint density at radius 3 is 2.82 bits per heavy atom. The number of hydrogen-bond acceptors (Lipinski definition) is 2. The summed E-state index contributed by atoms with van der Waals surface area (Å²) in [5.74, 6) is 2.39. The van der Waals surface area contributed by atoms with Crippen LogP contribution in [0.4, 0.5) is 0 Å². The Labute approximate surface area is 105 Å². The third-order valence-electron chi connectivity index (χ3n) is 3.72. The van der Waals surface area contributed by atoms with Gasteiger partial charge in [-0.2, -0.15) is 0 Å². The minimum absolute atomic E-state index is 0.415. The number of nitrogens with one attached hydrogen (secondary N) is 1. The molecule has 0 amide bonds. The maximum absolute atomic E-state index is 4.76. The van der Waals surface area contributed by atoms with Crippen LogP contribution in [0.25, 0.3) is 0 Å². The Hall–Kier alpha value is -1.05.